The summed E-state index contributed by atoms with van der Waals surface area (Å²) in [7, 11) is 0. The van der Waals surface area contributed by atoms with Gasteiger partial charge in [0.25, 0.3) is 5.91 Å². The number of aromatic nitrogens is 3. The maximum Gasteiger partial charge on any atom is 0.274 e. The van der Waals surface area contributed by atoms with E-state index in [2.05, 4.69) is 36.9 Å². The quantitative estimate of drug-likeness (QED) is 0.875. The van der Waals surface area contributed by atoms with Crippen LogP contribution in [0.25, 0.3) is 0 Å². The van der Waals surface area contributed by atoms with E-state index in [0.29, 0.717) is 11.6 Å². The van der Waals surface area contributed by atoms with Crippen molar-refractivity contribution in [1.82, 2.24) is 19.7 Å². The first-order valence-corrected chi connectivity index (χ1v) is 7.81. The van der Waals surface area contributed by atoms with Crippen molar-refractivity contribution < 1.29 is 4.79 Å². The van der Waals surface area contributed by atoms with Crippen LogP contribution < -0.4 is 0 Å². The molecule has 1 amide bonds. The summed E-state index contributed by atoms with van der Waals surface area (Å²) in [6.45, 7) is 7.67. The zero-order valence-electron chi connectivity index (χ0n) is 13.4. The lowest BCUT2D eigenvalue weighted by molar-refractivity contribution is 0.0783. The van der Waals surface area contributed by atoms with Crippen LogP contribution in [-0.4, -0.2) is 38.7 Å². The standard InChI is InChI=1S/C17H22N4O/c1-12(2)21-9-6-15(19-21)17(22)20-8-5-14(11-20)16-10-13(3)4-7-18-16/h4,6-7,9-10,12,14H,5,8,11H2,1-3H3. The highest BCUT2D eigenvalue weighted by atomic mass is 16.2. The number of carbonyl (C=O) groups excluding carboxylic acids is 1. The van der Waals surface area contributed by atoms with Gasteiger partial charge in [-0.2, -0.15) is 5.10 Å². The minimum atomic E-state index is 0.0227. The van der Waals surface area contributed by atoms with E-state index in [1.54, 1.807) is 6.07 Å². The van der Waals surface area contributed by atoms with Crippen LogP contribution in [0.4, 0.5) is 0 Å². The fourth-order valence-electron chi connectivity index (χ4n) is 2.87. The average Bonchev–Trinajstić information content (AvgIpc) is 3.16. The predicted octanol–water partition coefficient (Wildman–Crippen LogP) is 2.80. The Labute approximate surface area is 131 Å². The molecule has 0 N–H and O–H groups in total. The van der Waals surface area contributed by atoms with E-state index in [4.69, 9.17) is 0 Å². The molecule has 1 saturated heterocycles. The predicted molar refractivity (Wildman–Crippen MR) is 84.8 cm³/mol. The van der Waals surface area contributed by atoms with Crippen LogP contribution in [0.2, 0.25) is 0 Å². The molecule has 116 valence electrons. The molecule has 3 rings (SSSR count). The van der Waals surface area contributed by atoms with Crippen LogP contribution in [-0.2, 0) is 0 Å². The van der Waals surface area contributed by atoms with Gasteiger partial charge in [0.1, 0.15) is 5.69 Å². The molecule has 1 aliphatic rings. The van der Waals surface area contributed by atoms with Crippen LogP contribution in [0.3, 0.4) is 0 Å². The Kier molecular flexibility index (Phi) is 3.96. The van der Waals surface area contributed by atoms with Crippen molar-refractivity contribution in [3.63, 3.8) is 0 Å². The van der Waals surface area contributed by atoms with E-state index in [9.17, 15) is 4.79 Å². The van der Waals surface area contributed by atoms with Gasteiger partial charge in [0.05, 0.1) is 0 Å². The smallest absolute Gasteiger partial charge is 0.274 e. The number of amides is 1. The number of pyridine rings is 1. The summed E-state index contributed by atoms with van der Waals surface area (Å²) in [4.78, 5) is 18.9. The third-order valence-corrected chi connectivity index (χ3v) is 4.19. The monoisotopic (exact) mass is 298 g/mol. The number of rotatable bonds is 3. The first kappa shape index (κ1) is 14.8. The molecule has 1 fully saturated rings. The highest BCUT2D eigenvalue weighted by molar-refractivity contribution is 5.92. The molecule has 0 aromatic carbocycles. The fourth-order valence-corrected chi connectivity index (χ4v) is 2.87. The van der Waals surface area contributed by atoms with E-state index in [1.165, 1.54) is 5.56 Å². The summed E-state index contributed by atoms with van der Waals surface area (Å²) < 4.78 is 1.82. The second-order valence-corrected chi connectivity index (χ2v) is 6.27. The number of carbonyl (C=O) groups is 1. The van der Waals surface area contributed by atoms with Crippen LogP contribution in [0, 0.1) is 6.92 Å². The van der Waals surface area contributed by atoms with Gasteiger partial charge in [0.2, 0.25) is 0 Å². The zero-order chi connectivity index (χ0) is 15.7. The van der Waals surface area contributed by atoms with E-state index in [0.717, 1.165) is 25.2 Å². The normalized spacial score (nSPS) is 18.2. The molecule has 1 aliphatic heterocycles. The Morgan fingerprint density at radius 2 is 2.18 bits per heavy atom. The Morgan fingerprint density at radius 3 is 2.86 bits per heavy atom. The van der Waals surface area contributed by atoms with Gasteiger partial charge in [0, 0.05) is 43.1 Å². The Bertz CT molecular complexity index is 677. The van der Waals surface area contributed by atoms with Crippen molar-refractivity contribution in [2.24, 2.45) is 0 Å². The Hall–Kier alpha value is -2.17. The zero-order valence-corrected chi connectivity index (χ0v) is 13.4. The maximum absolute atomic E-state index is 12.6. The van der Waals surface area contributed by atoms with Crippen molar-refractivity contribution in [3.8, 4) is 0 Å². The molecule has 1 atom stereocenters. The number of hydrogen-bond donors (Lipinski definition) is 0. The van der Waals surface area contributed by atoms with Crippen molar-refractivity contribution in [2.75, 3.05) is 13.1 Å². The van der Waals surface area contributed by atoms with Gasteiger partial charge in [-0.05, 0) is 51.0 Å². The van der Waals surface area contributed by atoms with Gasteiger partial charge in [0.15, 0.2) is 0 Å². The summed E-state index contributed by atoms with van der Waals surface area (Å²) >= 11 is 0. The van der Waals surface area contributed by atoms with Gasteiger partial charge in [-0.3, -0.25) is 14.5 Å². The molecule has 0 bridgehead atoms. The maximum atomic E-state index is 12.6. The molecular formula is C17H22N4O. The second kappa shape index (κ2) is 5.91. The van der Waals surface area contributed by atoms with Crippen molar-refractivity contribution in [2.45, 2.75) is 39.2 Å². The number of nitrogens with zero attached hydrogens (tertiary/aromatic N) is 4. The van der Waals surface area contributed by atoms with Gasteiger partial charge in [-0.15, -0.1) is 0 Å². The highest BCUT2D eigenvalue weighted by Crippen LogP contribution is 2.27. The lowest BCUT2D eigenvalue weighted by atomic mass is 10.0. The first-order chi connectivity index (χ1) is 10.5. The molecule has 2 aromatic rings. The average molecular weight is 298 g/mol. The lowest BCUT2D eigenvalue weighted by Crippen LogP contribution is -2.29. The molecule has 2 aromatic heterocycles. The van der Waals surface area contributed by atoms with Crippen molar-refractivity contribution >= 4 is 5.91 Å². The molecule has 0 spiro atoms. The van der Waals surface area contributed by atoms with E-state index < -0.39 is 0 Å². The van der Waals surface area contributed by atoms with Crippen LogP contribution in [0.5, 0.6) is 0 Å². The highest BCUT2D eigenvalue weighted by Gasteiger charge is 2.29. The van der Waals surface area contributed by atoms with Gasteiger partial charge in [-0.1, -0.05) is 0 Å². The third kappa shape index (κ3) is 2.89. The molecule has 1 unspecified atom stereocenters. The number of likely N-dealkylation sites (tertiary alicyclic amines) is 1. The molecule has 0 aliphatic carbocycles. The SMILES string of the molecule is Cc1ccnc(C2CCN(C(=O)c3ccn(C(C)C)n3)C2)c1. The molecule has 22 heavy (non-hydrogen) atoms. The summed E-state index contributed by atoms with van der Waals surface area (Å²) in [6.07, 6.45) is 4.68. The van der Waals surface area contributed by atoms with Crippen LogP contribution in [0.1, 0.15) is 54.0 Å². The van der Waals surface area contributed by atoms with E-state index in [1.807, 2.05) is 28.0 Å². The summed E-state index contributed by atoms with van der Waals surface area (Å²) in [5.41, 5.74) is 2.83. The van der Waals surface area contributed by atoms with Crippen LogP contribution >= 0.6 is 0 Å². The molecular weight excluding hydrogens is 276 g/mol. The molecule has 0 saturated carbocycles. The largest absolute Gasteiger partial charge is 0.337 e. The minimum absolute atomic E-state index is 0.0227. The van der Waals surface area contributed by atoms with E-state index >= 15 is 0 Å². The number of hydrogen-bond acceptors (Lipinski definition) is 3. The summed E-state index contributed by atoms with van der Waals surface area (Å²) in [6, 6.07) is 6.19. The third-order valence-electron chi connectivity index (χ3n) is 4.19. The minimum Gasteiger partial charge on any atom is -0.337 e. The summed E-state index contributed by atoms with van der Waals surface area (Å²) in [5.74, 6) is 0.352. The summed E-state index contributed by atoms with van der Waals surface area (Å²) in [5, 5.41) is 4.38. The van der Waals surface area contributed by atoms with E-state index in [-0.39, 0.29) is 11.9 Å². The molecule has 5 heteroatoms. The topological polar surface area (TPSA) is 51.0 Å². The van der Waals surface area contributed by atoms with Crippen molar-refractivity contribution in [1.29, 1.82) is 0 Å². The lowest BCUT2D eigenvalue weighted by Gasteiger charge is -2.15. The van der Waals surface area contributed by atoms with Crippen LogP contribution in [0.15, 0.2) is 30.6 Å². The fraction of sp³-hybridized carbons (Fsp3) is 0.471. The van der Waals surface area contributed by atoms with Gasteiger partial charge < -0.3 is 4.90 Å². The molecule has 5 nitrogen and oxygen atoms in total. The van der Waals surface area contributed by atoms with Crippen molar-refractivity contribution in [3.05, 3.63) is 47.5 Å². The Balaban J connectivity index is 1.70. The second-order valence-electron chi connectivity index (χ2n) is 6.27. The van der Waals surface area contributed by atoms with Gasteiger partial charge in [-0.25, -0.2) is 0 Å². The Morgan fingerprint density at radius 1 is 1.36 bits per heavy atom. The van der Waals surface area contributed by atoms with Gasteiger partial charge >= 0.3 is 0 Å². The number of aryl methyl sites for hydroxylation is 1. The molecule has 0 radical (unpaired) electrons. The molecule has 3 heterocycles. The first-order valence-electron chi connectivity index (χ1n) is 7.81.